The van der Waals surface area contributed by atoms with E-state index in [2.05, 4.69) is 48.0 Å². The highest BCUT2D eigenvalue weighted by Gasteiger charge is 2.17. The van der Waals surface area contributed by atoms with Crippen LogP contribution in [0.15, 0.2) is 0 Å². The summed E-state index contributed by atoms with van der Waals surface area (Å²) in [6, 6.07) is 0. The quantitative estimate of drug-likeness (QED) is 0.522. The molecule has 0 unspecified atom stereocenters. The Balaban J connectivity index is 3.56. The van der Waals surface area contributed by atoms with Crippen LogP contribution in [0.2, 0.25) is 0 Å². The van der Waals surface area contributed by atoms with E-state index in [1.165, 1.54) is 0 Å². The van der Waals surface area contributed by atoms with Crippen LogP contribution in [0, 0.1) is 17.3 Å². The van der Waals surface area contributed by atoms with Crippen molar-refractivity contribution >= 4 is 0 Å². The lowest BCUT2D eigenvalue weighted by Crippen LogP contribution is -2.13. The highest BCUT2D eigenvalue weighted by atomic mass is 14.2. The van der Waals surface area contributed by atoms with Crippen LogP contribution in [-0.4, -0.2) is 0 Å². The molecule has 0 rings (SSSR count). The van der Waals surface area contributed by atoms with Crippen molar-refractivity contribution in [1.29, 1.82) is 0 Å². The maximum atomic E-state index is 3.46. The Morgan fingerprint density at radius 1 is 0.900 bits per heavy atom. The third-order valence-electron chi connectivity index (χ3n) is 1.15. The largest absolute Gasteiger partial charge is 0.0602 e. The lowest BCUT2D eigenvalue weighted by molar-refractivity contribution is 0.353. The minimum Gasteiger partial charge on any atom is -0.0602 e. The molecule has 0 bridgehead atoms. The van der Waals surface area contributed by atoms with Crippen LogP contribution in [0.3, 0.4) is 0 Å². The second kappa shape index (κ2) is 2.94. The Morgan fingerprint density at radius 2 is 1.30 bits per heavy atom. The van der Waals surface area contributed by atoms with Crippen LogP contribution in [0.5, 0.6) is 0 Å². The Morgan fingerprint density at radius 3 is 1.40 bits per heavy atom. The zero-order valence-corrected chi connectivity index (χ0v) is 8.21. The van der Waals surface area contributed by atoms with E-state index in [1.807, 2.05) is 0 Å². The predicted octanol–water partition coefficient (Wildman–Crippen LogP) is 3.55. The van der Waals surface area contributed by atoms with Crippen molar-refractivity contribution in [3.8, 4) is 0 Å². The Kier molecular flexibility index (Phi) is 2.94. The molecule has 60 valence electrons. The van der Waals surface area contributed by atoms with Gasteiger partial charge in [-0.15, -0.1) is 0 Å². The number of rotatable bonds is 1. The van der Waals surface area contributed by atoms with Crippen LogP contribution < -0.4 is 0 Å². The van der Waals surface area contributed by atoms with E-state index in [-0.39, 0.29) is 5.41 Å². The standard InChI is InChI=1S/C10H20/c1-9(2,3)7-8-10(4,5)6/h7H2,1-6H3. The summed E-state index contributed by atoms with van der Waals surface area (Å²) in [7, 11) is 0. The summed E-state index contributed by atoms with van der Waals surface area (Å²) < 4.78 is 0. The van der Waals surface area contributed by atoms with Gasteiger partial charge in [0.25, 0.3) is 0 Å². The van der Waals surface area contributed by atoms with Gasteiger partial charge in [-0.05, 0) is 23.7 Å². The molecular weight excluding hydrogens is 120 g/mol. The Labute approximate surface area is 66.0 Å². The Hall–Kier alpha value is 0. The Bertz CT molecular complexity index is 73.6. The van der Waals surface area contributed by atoms with Gasteiger partial charge in [-0.3, -0.25) is 0 Å². The zero-order valence-electron chi connectivity index (χ0n) is 8.21. The van der Waals surface area contributed by atoms with Crippen LogP contribution in [0.1, 0.15) is 48.0 Å². The summed E-state index contributed by atoms with van der Waals surface area (Å²) in [5.74, 6) is 0. The molecule has 0 aliphatic carbocycles. The molecular formula is C10H20. The smallest absolute Gasteiger partial charge is 0.0109 e. The van der Waals surface area contributed by atoms with Gasteiger partial charge in [-0.25, -0.2) is 0 Å². The fourth-order valence-electron chi connectivity index (χ4n) is 0.530. The monoisotopic (exact) mass is 140 g/mol. The van der Waals surface area contributed by atoms with Crippen molar-refractivity contribution in [1.82, 2.24) is 0 Å². The highest BCUT2D eigenvalue weighted by Crippen LogP contribution is 2.28. The van der Waals surface area contributed by atoms with E-state index in [4.69, 9.17) is 0 Å². The van der Waals surface area contributed by atoms with Crippen molar-refractivity contribution < 1.29 is 0 Å². The summed E-state index contributed by atoms with van der Waals surface area (Å²) in [4.78, 5) is 0. The topological polar surface area (TPSA) is 0 Å². The van der Waals surface area contributed by atoms with Gasteiger partial charge in [-0.2, -0.15) is 0 Å². The van der Waals surface area contributed by atoms with E-state index in [9.17, 15) is 0 Å². The summed E-state index contributed by atoms with van der Waals surface area (Å²) in [5.41, 5.74) is 0.653. The highest BCUT2D eigenvalue weighted by molar-refractivity contribution is 4.84. The first-order chi connectivity index (χ1) is 4.21. The first-order valence-corrected chi connectivity index (χ1v) is 3.96. The average molecular weight is 140 g/mol. The van der Waals surface area contributed by atoms with Gasteiger partial charge in [0.05, 0.1) is 0 Å². The third-order valence-corrected chi connectivity index (χ3v) is 1.15. The minimum atomic E-state index is 0.257. The van der Waals surface area contributed by atoms with E-state index < -0.39 is 0 Å². The maximum absolute atomic E-state index is 3.46. The lowest BCUT2D eigenvalue weighted by Gasteiger charge is -2.24. The molecule has 0 saturated carbocycles. The fraction of sp³-hybridized carbons (Fsp3) is 0.900. The summed E-state index contributed by atoms with van der Waals surface area (Å²) in [5, 5.41) is 0. The van der Waals surface area contributed by atoms with Crippen LogP contribution in [0.4, 0.5) is 0 Å². The molecule has 0 aromatic carbocycles. The molecule has 0 heteroatoms. The molecule has 2 radical (unpaired) electrons. The summed E-state index contributed by atoms with van der Waals surface area (Å²) in [6.07, 6.45) is 4.54. The molecule has 0 amide bonds. The molecule has 0 fully saturated rings. The second-order valence-electron chi connectivity index (χ2n) is 5.16. The average Bonchev–Trinajstić information content (AvgIpc) is 1.57. The molecule has 0 aliphatic rings. The molecule has 0 saturated heterocycles. The molecule has 10 heavy (non-hydrogen) atoms. The van der Waals surface area contributed by atoms with Gasteiger partial charge in [0.1, 0.15) is 0 Å². The van der Waals surface area contributed by atoms with Gasteiger partial charge < -0.3 is 0 Å². The van der Waals surface area contributed by atoms with Crippen molar-refractivity contribution in [2.24, 2.45) is 10.8 Å². The van der Waals surface area contributed by atoms with E-state index in [0.717, 1.165) is 6.42 Å². The number of hydrogen-bond acceptors (Lipinski definition) is 0. The normalized spacial score (nSPS) is 13.8. The molecule has 0 nitrogen and oxygen atoms in total. The van der Waals surface area contributed by atoms with Gasteiger partial charge >= 0.3 is 0 Å². The maximum Gasteiger partial charge on any atom is -0.0109 e. The van der Waals surface area contributed by atoms with Crippen molar-refractivity contribution in [2.75, 3.05) is 0 Å². The second-order valence-corrected chi connectivity index (χ2v) is 5.16. The fourth-order valence-corrected chi connectivity index (χ4v) is 0.530. The number of hydrogen-bond donors (Lipinski definition) is 0. The summed E-state index contributed by atoms with van der Waals surface area (Å²) >= 11 is 0. The van der Waals surface area contributed by atoms with Gasteiger partial charge in [-0.1, -0.05) is 41.5 Å². The molecule has 0 spiro atoms. The first kappa shape index (κ1) is 10.0. The van der Waals surface area contributed by atoms with Crippen molar-refractivity contribution in [3.05, 3.63) is 6.42 Å². The molecule has 0 aromatic heterocycles. The van der Waals surface area contributed by atoms with Gasteiger partial charge in [0.15, 0.2) is 0 Å². The molecule has 0 atom stereocenters. The SMILES string of the molecule is CC(C)(C)[C]CC(C)(C)C. The van der Waals surface area contributed by atoms with E-state index in [1.54, 1.807) is 0 Å². The first-order valence-electron chi connectivity index (χ1n) is 3.96. The summed E-state index contributed by atoms with van der Waals surface area (Å²) in [6.45, 7) is 13.3. The van der Waals surface area contributed by atoms with Crippen LogP contribution in [-0.2, 0) is 0 Å². The predicted molar refractivity (Wildman–Crippen MR) is 46.8 cm³/mol. The third kappa shape index (κ3) is 8.00. The van der Waals surface area contributed by atoms with Crippen molar-refractivity contribution in [3.63, 3.8) is 0 Å². The van der Waals surface area contributed by atoms with Gasteiger partial charge in [0.2, 0.25) is 0 Å². The van der Waals surface area contributed by atoms with Crippen LogP contribution >= 0.6 is 0 Å². The molecule has 0 aliphatic heterocycles. The zero-order chi connectivity index (χ0) is 8.41. The molecule has 0 aromatic rings. The van der Waals surface area contributed by atoms with Gasteiger partial charge in [0, 0.05) is 0 Å². The van der Waals surface area contributed by atoms with E-state index >= 15 is 0 Å². The van der Waals surface area contributed by atoms with E-state index in [0.29, 0.717) is 5.41 Å². The minimum absolute atomic E-state index is 0.257. The van der Waals surface area contributed by atoms with Crippen molar-refractivity contribution in [2.45, 2.75) is 48.0 Å². The molecule has 0 heterocycles. The molecule has 0 N–H and O–H groups in total. The van der Waals surface area contributed by atoms with Crippen LogP contribution in [0.25, 0.3) is 0 Å². The lowest BCUT2D eigenvalue weighted by atomic mass is 9.81.